The minimum Gasteiger partial charge on any atom is -0.497 e. The lowest BCUT2D eigenvalue weighted by molar-refractivity contribution is -0.152. The van der Waals surface area contributed by atoms with E-state index < -0.39 is 0 Å². The van der Waals surface area contributed by atoms with Gasteiger partial charge in [-0.3, -0.25) is 4.79 Å². The Morgan fingerprint density at radius 2 is 2.35 bits per heavy atom. The lowest BCUT2D eigenvalue weighted by atomic mass is 9.72. The molecular formula is C14H16O3. The highest BCUT2D eigenvalue weighted by atomic mass is 16.5. The largest absolute Gasteiger partial charge is 0.497 e. The SMILES string of the molecule is COC1=CC2=C[C@H]3COC(=O)C[C@H]3CC2C=C1. The van der Waals surface area contributed by atoms with Crippen LogP contribution in [0, 0.1) is 17.8 Å². The van der Waals surface area contributed by atoms with Crippen LogP contribution in [0.4, 0.5) is 0 Å². The van der Waals surface area contributed by atoms with E-state index in [1.807, 2.05) is 6.08 Å². The van der Waals surface area contributed by atoms with Crippen molar-refractivity contribution in [2.45, 2.75) is 12.8 Å². The number of allylic oxidation sites excluding steroid dienone is 4. The molecule has 3 aliphatic rings. The first kappa shape index (κ1) is 10.6. The number of carbonyl (C=O) groups is 1. The van der Waals surface area contributed by atoms with E-state index in [9.17, 15) is 4.79 Å². The van der Waals surface area contributed by atoms with Crippen molar-refractivity contribution in [3.8, 4) is 0 Å². The summed E-state index contributed by atoms with van der Waals surface area (Å²) in [5.74, 6) is 2.14. The molecule has 0 bridgehead atoms. The van der Waals surface area contributed by atoms with Crippen LogP contribution in [0.2, 0.25) is 0 Å². The minimum absolute atomic E-state index is 0.0454. The molecule has 3 atom stereocenters. The molecule has 0 N–H and O–H groups in total. The lowest BCUT2D eigenvalue weighted by Gasteiger charge is -2.36. The highest BCUT2D eigenvalue weighted by Crippen LogP contribution is 2.40. The summed E-state index contributed by atoms with van der Waals surface area (Å²) in [5.41, 5.74) is 1.31. The number of hydrogen-bond donors (Lipinski definition) is 0. The van der Waals surface area contributed by atoms with Gasteiger partial charge in [-0.2, -0.15) is 0 Å². The number of fused-ring (bicyclic) bond motifs is 2. The van der Waals surface area contributed by atoms with E-state index in [2.05, 4.69) is 18.2 Å². The molecule has 1 aliphatic heterocycles. The zero-order valence-electron chi connectivity index (χ0n) is 9.89. The highest BCUT2D eigenvalue weighted by Gasteiger charge is 2.35. The highest BCUT2D eigenvalue weighted by molar-refractivity contribution is 5.70. The van der Waals surface area contributed by atoms with Gasteiger partial charge in [0, 0.05) is 18.3 Å². The predicted molar refractivity (Wildman–Crippen MR) is 63.0 cm³/mol. The maximum absolute atomic E-state index is 11.3. The lowest BCUT2D eigenvalue weighted by Crippen LogP contribution is -2.34. The van der Waals surface area contributed by atoms with Gasteiger partial charge >= 0.3 is 5.97 Å². The van der Waals surface area contributed by atoms with E-state index in [0.29, 0.717) is 30.8 Å². The average molecular weight is 232 g/mol. The summed E-state index contributed by atoms with van der Waals surface area (Å²) in [4.78, 5) is 11.3. The van der Waals surface area contributed by atoms with Crippen LogP contribution < -0.4 is 0 Å². The Kier molecular flexibility index (Phi) is 2.54. The van der Waals surface area contributed by atoms with Crippen LogP contribution in [0.15, 0.2) is 35.6 Å². The fraction of sp³-hybridized carbons (Fsp3) is 0.500. The molecule has 0 saturated carbocycles. The summed E-state index contributed by atoms with van der Waals surface area (Å²) < 4.78 is 10.4. The van der Waals surface area contributed by atoms with Crippen molar-refractivity contribution in [3.63, 3.8) is 0 Å². The molecule has 3 heteroatoms. The topological polar surface area (TPSA) is 35.5 Å². The van der Waals surface area contributed by atoms with Gasteiger partial charge in [-0.05, 0) is 30.1 Å². The predicted octanol–water partition coefficient (Wildman–Crippen LogP) is 2.21. The molecule has 1 unspecified atom stereocenters. The monoisotopic (exact) mass is 232 g/mol. The van der Waals surface area contributed by atoms with Crippen LogP contribution in [0.1, 0.15) is 12.8 Å². The molecule has 1 heterocycles. The Morgan fingerprint density at radius 3 is 3.18 bits per heavy atom. The number of hydrogen-bond acceptors (Lipinski definition) is 3. The molecule has 0 amide bonds. The molecule has 2 aliphatic carbocycles. The molecule has 3 nitrogen and oxygen atoms in total. The zero-order valence-corrected chi connectivity index (χ0v) is 9.89. The van der Waals surface area contributed by atoms with Crippen LogP contribution in [0.3, 0.4) is 0 Å². The molecule has 0 radical (unpaired) electrons. The second kappa shape index (κ2) is 4.06. The standard InChI is InChI=1S/C14H16O3/c1-16-13-3-2-9-4-11-7-14(15)17-8-12(11)5-10(9)6-13/h2-3,5-6,9,11-12H,4,7-8H2,1H3/t9?,11-,12+/m1/s1. The van der Waals surface area contributed by atoms with Crippen molar-refractivity contribution in [3.05, 3.63) is 35.6 Å². The molecule has 0 spiro atoms. The molecule has 1 fully saturated rings. The first-order valence-corrected chi connectivity index (χ1v) is 6.07. The number of rotatable bonds is 1. The Morgan fingerprint density at radius 1 is 1.47 bits per heavy atom. The third kappa shape index (κ3) is 1.90. The van der Waals surface area contributed by atoms with Gasteiger partial charge in [-0.15, -0.1) is 0 Å². The van der Waals surface area contributed by atoms with Gasteiger partial charge in [0.1, 0.15) is 5.76 Å². The summed E-state index contributed by atoms with van der Waals surface area (Å²) in [7, 11) is 1.69. The van der Waals surface area contributed by atoms with Gasteiger partial charge in [-0.25, -0.2) is 0 Å². The molecule has 0 aromatic carbocycles. The molecular weight excluding hydrogens is 216 g/mol. The number of methoxy groups -OCH3 is 1. The second-order valence-corrected chi connectivity index (χ2v) is 4.93. The number of esters is 1. The van der Waals surface area contributed by atoms with E-state index in [1.165, 1.54) is 5.57 Å². The fourth-order valence-corrected chi connectivity index (χ4v) is 2.92. The van der Waals surface area contributed by atoms with Gasteiger partial charge in [0.25, 0.3) is 0 Å². The molecule has 0 aromatic rings. The average Bonchev–Trinajstić information content (AvgIpc) is 2.35. The van der Waals surface area contributed by atoms with Crippen LogP contribution in [-0.4, -0.2) is 19.7 Å². The molecule has 17 heavy (non-hydrogen) atoms. The summed E-state index contributed by atoms with van der Waals surface area (Å²) in [6.07, 6.45) is 10.2. The van der Waals surface area contributed by atoms with Crippen molar-refractivity contribution in [1.29, 1.82) is 0 Å². The summed E-state index contributed by atoms with van der Waals surface area (Å²) in [6, 6.07) is 0. The zero-order chi connectivity index (χ0) is 11.8. The van der Waals surface area contributed by atoms with Crippen LogP contribution in [0.25, 0.3) is 0 Å². The van der Waals surface area contributed by atoms with Crippen LogP contribution in [-0.2, 0) is 14.3 Å². The number of carbonyl (C=O) groups excluding carboxylic acids is 1. The Hall–Kier alpha value is -1.51. The van der Waals surface area contributed by atoms with Gasteiger partial charge in [-0.1, -0.05) is 12.2 Å². The quantitative estimate of drug-likeness (QED) is 0.650. The van der Waals surface area contributed by atoms with Crippen molar-refractivity contribution in [2.75, 3.05) is 13.7 Å². The van der Waals surface area contributed by atoms with E-state index in [1.54, 1.807) is 7.11 Å². The van der Waals surface area contributed by atoms with E-state index >= 15 is 0 Å². The maximum atomic E-state index is 11.3. The first-order valence-electron chi connectivity index (χ1n) is 6.07. The smallest absolute Gasteiger partial charge is 0.306 e. The summed E-state index contributed by atoms with van der Waals surface area (Å²) >= 11 is 0. The van der Waals surface area contributed by atoms with Crippen molar-refractivity contribution < 1.29 is 14.3 Å². The van der Waals surface area contributed by atoms with E-state index in [4.69, 9.17) is 9.47 Å². The van der Waals surface area contributed by atoms with Gasteiger partial charge in [0.15, 0.2) is 0 Å². The maximum Gasteiger partial charge on any atom is 0.306 e. The Labute approximate surface area is 101 Å². The molecule has 1 saturated heterocycles. The third-order valence-electron chi connectivity index (χ3n) is 3.90. The minimum atomic E-state index is -0.0454. The number of ether oxygens (including phenoxy) is 2. The number of cyclic esters (lactones) is 1. The summed E-state index contributed by atoms with van der Waals surface area (Å²) in [6.45, 7) is 0.541. The van der Waals surface area contributed by atoms with Gasteiger partial charge in [0.2, 0.25) is 0 Å². The molecule has 90 valence electrons. The first-order chi connectivity index (χ1) is 8.26. The Balaban J connectivity index is 1.86. The molecule has 0 aromatic heterocycles. The third-order valence-corrected chi connectivity index (χ3v) is 3.90. The van der Waals surface area contributed by atoms with Crippen molar-refractivity contribution in [1.82, 2.24) is 0 Å². The van der Waals surface area contributed by atoms with Gasteiger partial charge < -0.3 is 9.47 Å². The van der Waals surface area contributed by atoms with Gasteiger partial charge in [0.05, 0.1) is 13.7 Å². The second-order valence-electron chi connectivity index (χ2n) is 4.93. The normalized spacial score (nSPS) is 35.1. The fourth-order valence-electron chi connectivity index (χ4n) is 2.92. The molecule has 3 rings (SSSR count). The Bertz CT molecular complexity index is 431. The van der Waals surface area contributed by atoms with Crippen LogP contribution in [0.5, 0.6) is 0 Å². The van der Waals surface area contributed by atoms with E-state index in [-0.39, 0.29) is 5.97 Å². The van der Waals surface area contributed by atoms with E-state index in [0.717, 1.165) is 12.2 Å². The van der Waals surface area contributed by atoms with Crippen molar-refractivity contribution >= 4 is 5.97 Å². The summed E-state index contributed by atoms with van der Waals surface area (Å²) in [5, 5.41) is 0. The van der Waals surface area contributed by atoms with Crippen LogP contribution >= 0.6 is 0 Å². The van der Waals surface area contributed by atoms with Crippen molar-refractivity contribution in [2.24, 2.45) is 17.8 Å².